The summed E-state index contributed by atoms with van der Waals surface area (Å²) in [5.41, 5.74) is 4.63. The van der Waals surface area contributed by atoms with Crippen LogP contribution in [0.15, 0.2) is 24.5 Å². The maximum absolute atomic E-state index is 13.1. The van der Waals surface area contributed by atoms with Crippen molar-refractivity contribution < 1.29 is 22.7 Å². The van der Waals surface area contributed by atoms with Crippen LogP contribution in [-0.4, -0.2) is 45.5 Å². The molecule has 2 aliphatic rings. The number of anilines is 1. The van der Waals surface area contributed by atoms with E-state index in [-0.39, 0.29) is 42.9 Å². The SMILES string of the molecule is C[C@@H]1CN(c2nccc(-n3ccc(OCCC4(C(F)(F)F)CC4)n3)c2C(N)=O)C(C)(C)C1. The second-order valence-electron chi connectivity index (χ2n) is 9.60. The molecule has 1 aliphatic carbocycles. The summed E-state index contributed by atoms with van der Waals surface area (Å²) in [5, 5.41) is 4.30. The Labute approximate surface area is 184 Å². The van der Waals surface area contributed by atoms with E-state index in [1.54, 1.807) is 24.5 Å². The van der Waals surface area contributed by atoms with Gasteiger partial charge < -0.3 is 15.4 Å². The molecule has 1 amide bonds. The number of primary amides is 1. The van der Waals surface area contributed by atoms with Crippen molar-refractivity contribution in [3.8, 4) is 11.6 Å². The molecule has 2 aromatic rings. The minimum atomic E-state index is -4.21. The lowest BCUT2D eigenvalue weighted by molar-refractivity contribution is -0.190. The van der Waals surface area contributed by atoms with E-state index in [1.165, 1.54) is 4.68 Å². The van der Waals surface area contributed by atoms with Crippen molar-refractivity contribution in [2.24, 2.45) is 17.1 Å². The first-order valence-corrected chi connectivity index (χ1v) is 10.8. The smallest absolute Gasteiger partial charge is 0.394 e. The molecule has 0 unspecified atom stereocenters. The highest BCUT2D eigenvalue weighted by Crippen LogP contribution is 2.59. The number of amides is 1. The van der Waals surface area contributed by atoms with Crippen molar-refractivity contribution in [1.82, 2.24) is 14.8 Å². The molecule has 2 fully saturated rings. The highest BCUT2D eigenvalue weighted by atomic mass is 19.4. The second kappa shape index (κ2) is 7.67. The minimum absolute atomic E-state index is 0.0827. The van der Waals surface area contributed by atoms with E-state index in [4.69, 9.17) is 10.5 Å². The zero-order chi connectivity index (χ0) is 23.3. The van der Waals surface area contributed by atoms with Gasteiger partial charge in [-0.2, -0.15) is 13.2 Å². The molecule has 10 heteroatoms. The van der Waals surface area contributed by atoms with Gasteiger partial charge in [-0.1, -0.05) is 6.92 Å². The first kappa shape index (κ1) is 22.4. The van der Waals surface area contributed by atoms with E-state index in [0.717, 1.165) is 13.0 Å². The fourth-order valence-electron chi connectivity index (χ4n) is 4.73. The number of hydrogen-bond donors (Lipinski definition) is 1. The molecular formula is C22H28F3N5O2. The average Bonchev–Trinajstić information content (AvgIpc) is 3.25. The van der Waals surface area contributed by atoms with Crippen LogP contribution in [-0.2, 0) is 0 Å². The number of pyridine rings is 1. The molecular weight excluding hydrogens is 423 g/mol. The monoisotopic (exact) mass is 451 g/mol. The summed E-state index contributed by atoms with van der Waals surface area (Å²) in [7, 11) is 0. The third-order valence-electron chi connectivity index (χ3n) is 6.58. The maximum Gasteiger partial charge on any atom is 0.394 e. The highest BCUT2D eigenvalue weighted by Gasteiger charge is 2.62. The van der Waals surface area contributed by atoms with E-state index < -0.39 is 17.5 Å². The molecule has 1 aliphatic heterocycles. The number of alkyl halides is 3. The quantitative estimate of drug-likeness (QED) is 0.685. The number of halogens is 3. The summed E-state index contributed by atoms with van der Waals surface area (Å²) < 4.78 is 46.2. The molecule has 0 radical (unpaired) electrons. The van der Waals surface area contributed by atoms with Gasteiger partial charge in [0.05, 0.1) is 17.7 Å². The average molecular weight is 451 g/mol. The third kappa shape index (κ3) is 4.02. The number of rotatable bonds is 7. The van der Waals surface area contributed by atoms with Crippen molar-refractivity contribution >= 4 is 11.7 Å². The lowest BCUT2D eigenvalue weighted by Crippen LogP contribution is -2.40. The van der Waals surface area contributed by atoms with E-state index >= 15 is 0 Å². The van der Waals surface area contributed by atoms with E-state index in [9.17, 15) is 18.0 Å². The molecule has 0 aromatic carbocycles. The number of nitrogens with zero attached hydrogens (tertiary/aromatic N) is 4. The van der Waals surface area contributed by atoms with Crippen LogP contribution < -0.4 is 15.4 Å². The Bertz CT molecular complexity index is 1010. The lowest BCUT2D eigenvalue weighted by Gasteiger charge is -2.33. The molecule has 1 atom stereocenters. The fourth-order valence-corrected chi connectivity index (χ4v) is 4.73. The summed E-state index contributed by atoms with van der Waals surface area (Å²) >= 11 is 0. The van der Waals surface area contributed by atoms with Gasteiger partial charge in [0.2, 0.25) is 5.88 Å². The molecule has 2 N–H and O–H groups in total. The van der Waals surface area contributed by atoms with Gasteiger partial charge in [0.1, 0.15) is 11.4 Å². The number of nitrogens with two attached hydrogens (primary N) is 1. The van der Waals surface area contributed by atoms with Crippen molar-refractivity contribution in [2.45, 2.75) is 58.2 Å². The molecule has 3 heterocycles. The van der Waals surface area contributed by atoms with Gasteiger partial charge in [-0.3, -0.25) is 4.79 Å². The second-order valence-corrected chi connectivity index (χ2v) is 9.60. The fraction of sp³-hybridized carbons (Fsp3) is 0.591. The van der Waals surface area contributed by atoms with Crippen LogP contribution in [0.2, 0.25) is 0 Å². The van der Waals surface area contributed by atoms with E-state index in [0.29, 0.717) is 17.4 Å². The number of aromatic nitrogens is 3. The van der Waals surface area contributed by atoms with Crippen molar-refractivity contribution in [3.05, 3.63) is 30.1 Å². The summed E-state index contributed by atoms with van der Waals surface area (Å²) in [4.78, 5) is 19.0. The highest BCUT2D eigenvalue weighted by molar-refractivity contribution is 6.01. The van der Waals surface area contributed by atoms with Gasteiger partial charge in [0, 0.05) is 30.5 Å². The summed E-state index contributed by atoms with van der Waals surface area (Å²) in [5.74, 6) is 0.500. The first-order valence-electron chi connectivity index (χ1n) is 10.8. The Kier molecular flexibility index (Phi) is 5.37. The molecule has 0 spiro atoms. The first-order chi connectivity index (χ1) is 14.9. The van der Waals surface area contributed by atoms with Gasteiger partial charge in [-0.15, -0.1) is 5.10 Å². The number of ether oxygens (including phenoxy) is 1. The van der Waals surface area contributed by atoms with Crippen molar-refractivity contribution in [2.75, 3.05) is 18.1 Å². The van der Waals surface area contributed by atoms with Gasteiger partial charge in [0.25, 0.3) is 5.91 Å². The number of carbonyl (C=O) groups excluding carboxylic acids is 1. The van der Waals surface area contributed by atoms with Crippen LogP contribution in [0.1, 0.15) is 56.8 Å². The summed E-state index contributed by atoms with van der Waals surface area (Å²) in [6, 6.07) is 3.19. The van der Waals surface area contributed by atoms with Crippen LogP contribution in [0.5, 0.6) is 5.88 Å². The van der Waals surface area contributed by atoms with Crippen LogP contribution in [0.4, 0.5) is 19.0 Å². The standard InChI is InChI=1S/C22H28F3N5O2/c1-14-12-20(2,3)29(13-14)19-17(18(26)31)15(4-9-27-19)30-10-5-16(28-30)32-11-8-21(6-7-21)22(23,24)25/h4-5,9-10,14H,6-8,11-13H2,1-3H3,(H2,26,31)/t14-/m0/s1. The number of carbonyl (C=O) groups is 1. The summed E-state index contributed by atoms with van der Waals surface area (Å²) in [6.45, 7) is 7.02. The normalized spacial score (nSPS) is 21.6. The third-order valence-corrected chi connectivity index (χ3v) is 6.58. The molecule has 174 valence electrons. The lowest BCUT2D eigenvalue weighted by atomic mass is 9.97. The Morgan fingerprint density at radius 1 is 1.31 bits per heavy atom. The minimum Gasteiger partial charge on any atom is -0.477 e. The van der Waals surface area contributed by atoms with Crippen LogP contribution in [0.25, 0.3) is 5.69 Å². The Hall–Kier alpha value is -2.78. The van der Waals surface area contributed by atoms with Gasteiger partial charge in [-0.25, -0.2) is 9.67 Å². The van der Waals surface area contributed by atoms with Crippen LogP contribution in [0, 0.1) is 11.3 Å². The zero-order valence-corrected chi connectivity index (χ0v) is 18.4. The van der Waals surface area contributed by atoms with Gasteiger partial charge >= 0.3 is 6.18 Å². The van der Waals surface area contributed by atoms with Gasteiger partial charge in [-0.05, 0) is 51.5 Å². The Balaban J connectivity index is 1.56. The largest absolute Gasteiger partial charge is 0.477 e. The number of hydrogen-bond acceptors (Lipinski definition) is 5. The van der Waals surface area contributed by atoms with Gasteiger partial charge in [0.15, 0.2) is 0 Å². The zero-order valence-electron chi connectivity index (χ0n) is 18.4. The molecule has 1 saturated heterocycles. The molecule has 7 nitrogen and oxygen atoms in total. The Morgan fingerprint density at radius 2 is 2.03 bits per heavy atom. The molecule has 0 bridgehead atoms. The van der Waals surface area contributed by atoms with Crippen LogP contribution >= 0.6 is 0 Å². The predicted octanol–water partition coefficient (Wildman–Crippen LogP) is 4.10. The molecule has 1 saturated carbocycles. The molecule has 32 heavy (non-hydrogen) atoms. The van der Waals surface area contributed by atoms with Crippen LogP contribution in [0.3, 0.4) is 0 Å². The van der Waals surface area contributed by atoms with Crippen molar-refractivity contribution in [1.29, 1.82) is 0 Å². The topological polar surface area (TPSA) is 86.3 Å². The Morgan fingerprint density at radius 3 is 2.59 bits per heavy atom. The van der Waals surface area contributed by atoms with Crippen molar-refractivity contribution in [3.63, 3.8) is 0 Å². The van der Waals surface area contributed by atoms with E-state index in [1.807, 2.05) is 0 Å². The summed E-state index contributed by atoms with van der Waals surface area (Å²) in [6.07, 6.45) is 0.116. The molecule has 2 aromatic heterocycles. The maximum atomic E-state index is 13.1. The van der Waals surface area contributed by atoms with E-state index in [2.05, 4.69) is 35.8 Å². The molecule has 4 rings (SSSR count). The predicted molar refractivity (Wildman–Crippen MR) is 113 cm³/mol.